The van der Waals surface area contributed by atoms with Crippen molar-refractivity contribution in [2.75, 3.05) is 0 Å². The predicted molar refractivity (Wildman–Crippen MR) is 93.7 cm³/mol. The summed E-state index contributed by atoms with van der Waals surface area (Å²) < 4.78 is 0. The summed E-state index contributed by atoms with van der Waals surface area (Å²) >= 11 is 0. The molecule has 0 aliphatic heterocycles. The topological polar surface area (TPSA) is 173 Å². The van der Waals surface area contributed by atoms with Gasteiger partial charge in [0.05, 0.1) is 11.8 Å². The maximum Gasteiger partial charge on any atom is 2.00 e. The SMILES string of the molecule is O=C(O)C(=O)O.O=C(O)[C@H]1[C@H](C(=O)O)[C@@H]2C=C[C@@H]1C2.[CH2-][C@@H]1CCCC[C@H]1[NH-].[Pt+2]. The van der Waals surface area contributed by atoms with Crippen LogP contribution in [-0.4, -0.2) is 50.3 Å². The molecule has 3 aliphatic carbocycles. The van der Waals surface area contributed by atoms with Gasteiger partial charge in [0, 0.05) is 0 Å². The molecular formula is C18H25NO8Pt. The van der Waals surface area contributed by atoms with E-state index in [1.54, 1.807) is 0 Å². The van der Waals surface area contributed by atoms with Crippen LogP contribution in [0.5, 0.6) is 0 Å². The van der Waals surface area contributed by atoms with E-state index >= 15 is 0 Å². The van der Waals surface area contributed by atoms with Crippen molar-refractivity contribution in [3.05, 3.63) is 24.8 Å². The van der Waals surface area contributed by atoms with E-state index in [0.29, 0.717) is 12.3 Å². The van der Waals surface area contributed by atoms with Crippen LogP contribution in [0, 0.1) is 36.5 Å². The van der Waals surface area contributed by atoms with E-state index in [-0.39, 0.29) is 38.9 Å². The Kier molecular flexibility index (Phi) is 11.2. The van der Waals surface area contributed by atoms with Crippen LogP contribution in [0.4, 0.5) is 0 Å². The molecule has 10 heteroatoms. The largest absolute Gasteiger partial charge is 2.00 e. The molecule has 2 bridgehead atoms. The Balaban J connectivity index is 0.000000421. The van der Waals surface area contributed by atoms with Crippen molar-refractivity contribution in [2.45, 2.75) is 38.1 Å². The molecular weight excluding hydrogens is 553 g/mol. The van der Waals surface area contributed by atoms with Crippen LogP contribution in [0.2, 0.25) is 0 Å². The Morgan fingerprint density at radius 1 is 0.821 bits per heavy atom. The Labute approximate surface area is 177 Å². The summed E-state index contributed by atoms with van der Waals surface area (Å²) in [5.41, 5.74) is 7.42. The van der Waals surface area contributed by atoms with Crippen molar-refractivity contribution >= 4 is 23.9 Å². The molecule has 0 heterocycles. The quantitative estimate of drug-likeness (QED) is 0.219. The summed E-state index contributed by atoms with van der Waals surface area (Å²) in [6.45, 7) is 3.89. The van der Waals surface area contributed by atoms with Crippen molar-refractivity contribution in [1.29, 1.82) is 0 Å². The fraction of sp³-hybridized carbons (Fsp3) is 0.611. The predicted octanol–water partition coefficient (Wildman–Crippen LogP) is 2.18. The second-order valence-corrected chi connectivity index (χ2v) is 6.94. The van der Waals surface area contributed by atoms with Crippen molar-refractivity contribution < 1.29 is 60.7 Å². The molecule has 0 unspecified atom stereocenters. The molecule has 28 heavy (non-hydrogen) atoms. The smallest absolute Gasteiger partial charge is 0.677 e. The first kappa shape index (κ1) is 26.3. The zero-order valence-corrected chi connectivity index (χ0v) is 17.4. The maximum absolute atomic E-state index is 10.8. The molecule has 0 amide bonds. The summed E-state index contributed by atoms with van der Waals surface area (Å²) in [6, 6.07) is 0.142. The number of aliphatic carboxylic acids is 4. The van der Waals surface area contributed by atoms with E-state index in [0.717, 1.165) is 6.42 Å². The second-order valence-electron chi connectivity index (χ2n) is 6.94. The van der Waals surface area contributed by atoms with Gasteiger partial charge in [-0.25, -0.2) is 9.59 Å². The summed E-state index contributed by atoms with van der Waals surface area (Å²) in [5.74, 6) is -6.76. The Bertz CT molecular complexity index is 558. The zero-order chi connectivity index (χ0) is 20.7. The van der Waals surface area contributed by atoms with Crippen molar-refractivity contribution in [2.24, 2.45) is 29.6 Å². The van der Waals surface area contributed by atoms with E-state index in [9.17, 15) is 9.59 Å². The molecule has 3 rings (SSSR count). The van der Waals surface area contributed by atoms with Gasteiger partial charge in [-0.15, -0.1) is 0 Å². The minimum absolute atomic E-state index is 0. The fourth-order valence-corrected chi connectivity index (χ4v) is 3.70. The Morgan fingerprint density at radius 2 is 1.21 bits per heavy atom. The van der Waals surface area contributed by atoms with Gasteiger partial charge in [0.25, 0.3) is 0 Å². The first-order valence-corrected chi connectivity index (χ1v) is 8.70. The minimum Gasteiger partial charge on any atom is -0.677 e. The molecule has 6 atom stereocenters. The number of hydrogen-bond donors (Lipinski definition) is 4. The van der Waals surface area contributed by atoms with Crippen LogP contribution in [0.1, 0.15) is 32.1 Å². The number of hydrogen-bond acceptors (Lipinski definition) is 4. The third-order valence-corrected chi connectivity index (χ3v) is 5.12. The van der Waals surface area contributed by atoms with Gasteiger partial charge in [0.15, 0.2) is 0 Å². The first-order valence-electron chi connectivity index (χ1n) is 8.70. The third-order valence-electron chi connectivity index (χ3n) is 5.12. The number of allylic oxidation sites excluding steroid dienone is 2. The molecule has 0 saturated heterocycles. The summed E-state index contributed by atoms with van der Waals surface area (Å²) in [7, 11) is 0. The van der Waals surface area contributed by atoms with Crippen LogP contribution < -0.4 is 0 Å². The number of nitrogens with one attached hydrogen (secondary N) is 1. The van der Waals surface area contributed by atoms with Crippen molar-refractivity contribution in [3.63, 3.8) is 0 Å². The number of carbonyl (C=O) groups is 4. The maximum atomic E-state index is 10.8. The molecule has 2 fully saturated rings. The van der Waals surface area contributed by atoms with Gasteiger partial charge in [-0.05, 0) is 18.3 Å². The summed E-state index contributed by atoms with van der Waals surface area (Å²) in [6.07, 6.45) is 9.16. The van der Waals surface area contributed by atoms with Gasteiger partial charge >= 0.3 is 44.9 Å². The van der Waals surface area contributed by atoms with Crippen LogP contribution in [-0.2, 0) is 40.2 Å². The van der Waals surface area contributed by atoms with Crippen LogP contribution in [0.3, 0.4) is 0 Å². The molecule has 9 nitrogen and oxygen atoms in total. The van der Waals surface area contributed by atoms with Gasteiger partial charge in [0.2, 0.25) is 0 Å². The average Bonchev–Trinajstić information content (AvgIpc) is 3.19. The monoisotopic (exact) mass is 578 g/mol. The Hall–Kier alpha value is -1.73. The molecule has 160 valence electrons. The van der Waals surface area contributed by atoms with Gasteiger partial charge in [-0.2, -0.15) is 12.0 Å². The minimum atomic E-state index is -1.82. The Morgan fingerprint density at radius 3 is 1.46 bits per heavy atom. The van der Waals surface area contributed by atoms with E-state index in [1.807, 2.05) is 12.2 Å². The van der Waals surface area contributed by atoms with Crippen LogP contribution >= 0.6 is 0 Å². The third kappa shape index (κ3) is 7.35. The standard InChI is InChI=1S/C9H10O4.C7H13N.C2H2O4.Pt/c10-8(11)6-4-1-2-5(3-4)7(6)9(12)13;1-6-4-2-3-5-7(6)8;3-1(4)2(5)6;/h1-2,4-7H,3H2,(H,10,11)(H,12,13);6-8H,1-5H2;(H,3,4)(H,5,6);/q;-2;;+2/t4-,5-,6-,7-;6-,7-;;/m11../s1. The number of rotatable bonds is 2. The van der Waals surface area contributed by atoms with Crippen molar-refractivity contribution in [3.8, 4) is 0 Å². The van der Waals surface area contributed by atoms with Gasteiger partial charge in [-0.1, -0.05) is 37.8 Å². The van der Waals surface area contributed by atoms with Gasteiger partial charge in [-0.3, -0.25) is 9.59 Å². The summed E-state index contributed by atoms with van der Waals surface area (Å²) in [4.78, 5) is 39.8. The van der Waals surface area contributed by atoms with E-state index in [4.69, 9.17) is 35.7 Å². The van der Waals surface area contributed by atoms with Crippen molar-refractivity contribution in [1.82, 2.24) is 0 Å². The van der Waals surface area contributed by atoms with Crippen LogP contribution in [0.15, 0.2) is 12.2 Å². The molecule has 0 spiro atoms. The second kappa shape index (κ2) is 12.0. The average molecular weight is 578 g/mol. The van der Waals surface area contributed by atoms with E-state index in [2.05, 4.69) is 6.92 Å². The molecule has 3 aliphatic rings. The molecule has 2 saturated carbocycles. The molecule has 0 aromatic rings. The summed E-state index contributed by atoms with van der Waals surface area (Å²) in [5, 5.41) is 32.5. The number of fused-ring (bicyclic) bond motifs is 2. The fourth-order valence-electron chi connectivity index (χ4n) is 3.70. The molecule has 0 aromatic carbocycles. The van der Waals surface area contributed by atoms with E-state index < -0.39 is 35.7 Å². The zero-order valence-electron chi connectivity index (χ0n) is 15.1. The van der Waals surface area contributed by atoms with E-state index in [1.165, 1.54) is 19.3 Å². The number of carboxylic acid groups (broad SMARTS) is 4. The first-order chi connectivity index (χ1) is 12.6. The van der Waals surface area contributed by atoms with Gasteiger partial charge in [0.1, 0.15) is 0 Å². The van der Waals surface area contributed by atoms with Gasteiger partial charge < -0.3 is 33.1 Å². The molecule has 0 aromatic heterocycles. The molecule has 5 N–H and O–H groups in total. The van der Waals surface area contributed by atoms with Crippen LogP contribution in [0.25, 0.3) is 5.73 Å². The normalized spacial score (nSPS) is 31.9. The molecule has 0 radical (unpaired) electrons. The number of carboxylic acids is 4.